The second kappa shape index (κ2) is 8.67. The number of anilines is 1. The summed E-state index contributed by atoms with van der Waals surface area (Å²) in [5.74, 6) is 0.635. The normalized spacial score (nSPS) is 10.5. The van der Waals surface area contributed by atoms with Crippen molar-refractivity contribution in [2.75, 3.05) is 12.4 Å². The van der Waals surface area contributed by atoms with Gasteiger partial charge in [0.15, 0.2) is 0 Å². The molecule has 0 saturated heterocycles. The standard InChI is InChI=1S/C25H21N3O3/c1-16-4-3-5-20(12-16)28-24(29)18-7-6-17-8-9-21(14-19(17)13-18)31-22-10-11-27-23(15-22)25(30)26-2/h3-15H,1-2H3,(H,26,30)(H,28,29). The van der Waals surface area contributed by atoms with Crippen LogP contribution in [0.2, 0.25) is 0 Å². The molecule has 31 heavy (non-hydrogen) atoms. The maximum atomic E-state index is 12.7. The van der Waals surface area contributed by atoms with Crippen LogP contribution in [0.15, 0.2) is 79.0 Å². The molecule has 0 radical (unpaired) electrons. The third-order valence-corrected chi connectivity index (χ3v) is 4.78. The van der Waals surface area contributed by atoms with Crippen LogP contribution in [-0.4, -0.2) is 23.8 Å². The van der Waals surface area contributed by atoms with E-state index in [4.69, 9.17) is 4.74 Å². The Hall–Kier alpha value is -4.19. The van der Waals surface area contributed by atoms with Crippen LogP contribution in [0, 0.1) is 6.92 Å². The number of benzene rings is 3. The average Bonchev–Trinajstić information content (AvgIpc) is 2.78. The van der Waals surface area contributed by atoms with Crippen molar-refractivity contribution in [1.29, 1.82) is 0 Å². The number of pyridine rings is 1. The number of nitrogens with one attached hydrogen (secondary N) is 2. The molecule has 3 aromatic carbocycles. The molecule has 1 heterocycles. The van der Waals surface area contributed by atoms with Crippen LogP contribution in [0.3, 0.4) is 0 Å². The Morgan fingerprint density at radius 2 is 1.65 bits per heavy atom. The minimum Gasteiger partial charge on any atom is -0.457 e. The molecule has 0 saturated carbocycles. The summed E-state index contributed by atoms with van der Waals surface area (Å²) in [6.45, 7) is 1.98. The van der Waals surface area contributed by atoms with E-state index in [2.05, 4.69) is 15.6 Å². The zero-order valence-electron chi connectivity index (χ0n) is 17.2. The van der Waals surface area contributed by atoms with Crippen LogP contribution in [-0.2, 0) is 0 Å². The summed E-state index contributed by atoms with van der Waals surface area (Å²) in [4.78, 5) is 28.5. The Kier molecular flexibility index (Phi) is 5.62. The molecular weight excluding hydrogens is 390 g/mol. The highest BCUT2D eigenvalue weighted by atomic mass is 16.5. The van der Waals surface area contributed by atoms with E-state index in [0.29, 0.717) is 17.1 Å². The minimum absolute atomic E-state index is 0.178. The van der Waals surface area contributed by atoms with Crippen molar-refractivity contribution in [3.63, 3.8) is 0 Å². The maximum absolute atomic E-state index is 12.7. The molecule has 0 aliphatic heterocycles. The van der Waals surface area contributed by atoms with Crippen LogP contribution in [0.1, 0.15) is 26.4 Å². The van der Waals surface area contributed by atoms with Gasteiger partial charge in [0.2, 0.25) is 0 Å². The van der Waals surface area contributed by atoms with Crippen LogP contribution in [0.25, 0.3) is 10.8 Å². The fraction of sp³-hybridized carbons (Fsp3) is 0.0800. The zero-order chi connectivity index (χ0) is 21.8. The van der Waals surface area contributed by atoms with Crippen LogP contribution >= 0.6 is 0 Å². The van der Waals surface area contributed by atoms with E-state index in [1.807, 2.05) is 61.5 Å². The summed E-state index contributed by atoms with van der Waals surface area (Å²) in [7, 11) is 1.55. The Labute approximate surface area is 179 Å². The van der Waals surface area contributed by atoms with Crippen molar-refractivity contribution in [3.05, 3.63) is 95.8 Å². The number of hydrogen-bond acceptors (Lipinski definition) is 4. The molecule has 154 valence electrons. The first kappa shape index (κ1) is 20.1. The van der Waals surface area contributed by atoms with Gasteiger partial charge in [-0.15, -0.1) is 0 Å². The summed E-state index contributed by atoms with van der Waals surface area (Å²) in [6, 6.07) is 22.1. The van der Waals surface area contributed by atoms with Gasteiger partial charge in [0, 0.05) is 30.6 Å². The monoisotopic (exact) mass is 411 g/mol. The number of carbonyl (C=O) groups is 2. The maximum Gasteiger partial charge on any atom is 0.269 e. The van der Waals surface area contributed by atoms with Gasteiger partial charge in [-0.05, 0) is 65.7 Å². The molecule has 0 aliphatic rings. The Morgan fingerprint density at radius 3 is 2.45 bits per heavy atom. The number of amides is 2. The fourth-order valence-corrected chi connectivity index (χ4v) is 3.22. The molecule has 0 aliphatic carbocycles. The van der Waals surface area contributed by atoms with Crippen molar-refractivity contribution in [3.8, 4) is 11.5 Å². The summed E-state index contributed by atoms with van der Waals surface area (Å²) in [5.41, 5.74) is 2.66. The number of carbonyl (C=O) groups excluding carboxylic acids is 2. The number of ether oxygens (including phenoxy) is 1. The smallest absolute Gasteiger partial charge is 0.269 e. The molecule has 2 N–H and O–H groups in total. The number of aromatic nitrogens is 1. The van der Waals surface area contributed by atoms with E-state index in [1.54, 1.807) is 25.2 Å². The van der Waals surface area contributed by atoms with Crippen LogP contribution in [0.4, 0.5) is 5.69 Å². The highest BCUT2D eigenvalue weighted by Gasteiger charge is 2.10. The number of aryl methyl sites for hydroxylation is 1. The molecule has 6 heteroatoms. The SMILES string of the molecule is CNC(=O)c1cc(Oc2ccc3ccc(C(=O)Nc4cccc(C)c4)cc3c2)ccn1. The lowest BCUT2D eigenvalue weighted by Gasteiger charge is -2.10. The van der Waals surface area contributed by atoms with Crippen LogP contribution in [0.5, 0.6) is 11.5 Å². The van der Waals surface area contributed by atoms with Gasteiger partial charge in [-0.25, -0.2) is 0 Å². The first-order valence-electron chi connectivity index (χ1n) is 9.80. The van der Waals surface area contributed by atoms with Crippen molar-refractivity contribution in [2.24, 2.45) is 0 Å². The lowest BCUT2D eigenvalue weighted by molar-refractivity contribution is 0.0957. The van der Waals surface area contributed by atoms with E-state index in [0.717, 1.165) is 22.0 Å². The summed E-state index contributed by atoms with van der Waals surface area (Å²) < 4.78 is 5.91. The van der Waals surface area contributed by atoms with Gasteiger partial charge in [0.25, 0.3) is 11.8 Å². The van der Waals surface area contributed by atoms with Crippen molar-refractivity contribution < 1.29 is 14.3 Å². The second-order valence-corrected chi connectivity index (χ2v) is 7.11. The van der Waals surface area contributed by atoms with E-state index in [9.17, 15) is 9.59 Å². The van der Waals surface area contributed by atoms with Crippen molar-refractivity contribution in [1.82, 2.24) is 10.3 Å². The third kappa shape index (κ3) is 4.70. The topological polar surface area (TPSA) is 80.3 Å². The molecule has 0 spiro atoms. The highest BCUT2D eigenvalue weighted by Crippen LogP contribution is 2.27. The quantitative estimate of drug-likeness (QED) is 0.487. The molecular formula is C25H21N3O3. The molecule has 1 aromatic heterocycles. The lowest BCUT2D eigenvalue weighted by Crippen LogP contribution is -2.18. The van der Waals surface area contributed by atoms with E-state index >= 15 is 0 Å². The predicted octanol–water partition coefficient (Wildman–Crippen LogP) is 4.95. The van der Waals surface area contributed by atoms with Crippen LogP contribution < -0.4 is 15.4 Å². The van der Waals surface area contributed by atoms with Gasteiger partial charge in [-0.3, -0.25) is 14.6 Å². The number of hydrogen-bond donors (Lipinski definition) is 2. The molecule has 4 rings (SSSR count). The van der Waals surface area contributed by atoms with E-state index < -0.39 is 0 Å². The molecule has 0 atom stereocenters. The average molecular weight is 411 g/mol. The number of fused-ring (bicyclic) bond motifs is 1. The van der Waals surface area contributed by atoms with Gasteiger partial charge in [-0.2, -0.15) is 0 Å². The van der Waals surface area contributed by atoms with Crippen molar-refractivity contribution in [2.45, 2.75) is 6.92 Å². The zero-order valence-corrected chi connectivity index (χ0v) is 17.2. The summed E-state index contributed by atoms with van der Waals surface area (Å²) >= 11 is 0. The first-order chi connectivity index (χ1) is 15.0. The fourth-order valence-electron chi connectivity index (χ4n) is 3.22. The number of nitrogens with zero attached hydrogens (tertiary/aromatic N) is 1. The van der Waals surface area contributed by atoms with Gasteiger partial charge in [0.1, 0.15) is 17.2 Å². The van der Waals surface area contributed by atoms with Gasteiger partial charge in [0.05, 0.1) is 0 Å². The lowest BCUT2D eigenvalue weighted by atomic mass is 10.1. The molecule has 0 bridgehead atoms. The van der Waals surface area contributed by atoms with Gasteiger partial charge in [-0.1, -0.05) is 24.3 Å². The number of rotatable bonds is 5. The summed E-state index contributed by atoms with van der Waals surface area (Å²) in [5, 5.41) is 7.32. The first-order valence-corrected chi connectivity index (χ1v) is 9.80. The second-order valence-electron chi connectivity index (χ2n) is 7.11. The highest BCUT2D eigenvalue weighted by molar-refractivity contribution is 6.06. The van der Waals surface area contributed by atoms with Crippen molar-refractivity contribution >= 4 is 28.3 Å². The minimum atomic E-state index is -0.284. The molecule has 4 aromatic rings. The molecule has 0 unspecified atom stereocenters. The van der Waals surface area contributed by atoms with E-state index in [-0.39, 0.29) is 17.5 Å². The Bertz CT molecular complexity index is 1280. The molecule has 6 nitrogen and oxygen atoms in total. The summed E-state index contributed by atoms with van der Waals surface area (Å²) in [6.07, 6.45) is 1.52. The van der Waals surface area contributed by atoms with E-state index in [1.165, 1.54) is 6.20 Å². The molecule has 2 amide bonds. The molecule has 0 fully saturated rings. The third-order valence-electron chi connectivity index (χ3n) is 4.78. The Morgan fingerprint density at radius 1 is 0.839 bits per heavy atom. The van der Waals surface area contributed by atoms with Gasteiger partial charge < -0.3 is 15.4 Å². The predicted molar refractivity (Wildman–Crippen MR) is 121 cm³/mol. The Balaban J connectivity index is 1.57. The largest absolute Gasteiger partial charge is 0.457 e. The van der Waals surface area contributed by atoms with Gasteiger partial charge >= 0.3 is 0 Å².